The zero-order valence-electron chi connectivity index (χ0n) is 12.4. The van der Waals surface area contributed by atoms with Gasteiger partial charge in [0.15, 0.2) is 5.96 Å². The molecule has 0 aliphatic carbocycles. The molecule has 0 aliphatic rings. The van der Waals surface area contributed by atoms with E-state index in [-0.39, 0.29) is 0 Å². The van der Waals surface area contributed by atoms with Crippen LogP contribution in [0.3, 0.4) is 0 Å². The number of methoxy groups -OCH3 is 1. The maximum atomic E-state index is 5.14. The molecule has 1 aromatic carbocycles. The van der Waals surface area contributed by atoms with Crippen molar-refractivity contribution in [2.75, 3.05) is 20.7 Å². The van der Waals surface area contributed by atoms with E-state index in [2.05, 4.69) is 38.0 Å². The van der Waals surface area contributed by atoms with Gasteiger partial charge in [-0.15, -0.1) is 0 Å². The molecular weight excluding hydrogens is 266 g/mol. The Morgan fingerprint density at radius 1 is 1.24 bits per heavy atom. The molecule has 0 fully saturated rings. The maximum Gasteiger partial charge on any atom is 0.191 e. The molecule has 2 rings (SSSR count). The van der Waals surface area contributed by atoms with E-state index in [1.165, 1.54) is 5.56 Å². The first kappa shape index (κ1) is 14.9. The van der Waals surface area contributed by atoms with Gasteiger partial charge in [0.25, 0.3) is 0 Å². The number of nitrogens with zero attached hydrogens (tertiary/aromatic N) is 2. The number of aromatic nitrogens is 2. The number of aromatic amines is 1. The van der Waals surface area contributed by atoms with Crippen molar-refractivity contribution >= 4 is 5.96 Å². The lowest BCUT2D eigenvalue weighted by Crippen LogP contribution is -2.37. The van der Waals surface area contributed by atoms with E-state index < -0.39 is 0 Å². The summed E-state index contributed by atoms with van der Waals surface area (Å²) in [5.74, 6) is 1.65. The van der Waals surface area contributed by atoms with E-state index >= 15 is 0 Å². The topological polar surface area (TPSA) is 74.3 Å². The average Bonchev–Trinajstić information content (AvgIpc) is 3.04. The van der Waals surface area contributed by atoms with E-state index in [1.54, 1.807) is 20.4 Å². The monoisotopic (exact) mass is 287 g/mol. The summed E-state index contributed by atoms with van der Waals surface area (Å²) in [4.78, 5) is 4.19. The minimum absolute atomic E-state index is 0.669. The third-order valence-corrected chi connectivity index (χ3v) is 3.09. The van der Waals surface area contributed by atoms with Crippen molar-refractivity contribution in [3.05, 3.63) is 47.8 Å². The van der Waals surface area contributed by atoms with E-state index in [4.69, 9.17) is 4.74 Å². The fourth-order valence-corrected chi connectivity index (χ4v) is 1.90. The SMILES string of the molecule is CN=C(NCCc1ccc(OC)cc1)NCc1ccn[nH]1. The van der Waals surface area contributed by atoms with Crippen LogP contribution < -0.4 is 15.4 Å². The van der Waals surface area contributed by atoms with Gasteiger partial charge in [-0.2, -0.15) is 5.10 Å². The largest absolute Gasteiger partial charge is 0.497 e. The summed E-state index contributed by atoms with van der Waals surface area (Å²) in [6.07, 6.45) is 2.66. The highest BCUT2D eigenvalue weighted by atomic mass is 16.5. The van der Waals surface area contributed by atoms with E-state index in [1.807, 2.05) is 18.2 Å². The third-order valence-electron chi connectivity index (χ3n) is 3.09. The van der Waals surface area contributed by atoms with Crippen LogP contribution in [0.5, 0.6) is 5.75 Å². The molecule has 0 atom stereocenters. The minimum atomic E-state index is 0.669. The second-order valence-electron chi connectivity index (χ2n) is 4.53. The van der Waals surface area contributed by atoms with Gasteiger partial charge in [0.05, 0.1) is 19.3 Å². The molecular formula is C15H21N5O. The smallest absolute Gasteiger partial charge is 0.191 e. The van der Waals surface area contributed by atoms with Gasteiger partial charge in [0, 0.05) is 19.8 Å². The van der Waals surface area contributed by atoms with Crippen molar-refractivity contribution in [3.8, 4) is 5.75 Å². The van der Waals surface area contributed by atoms with Crippen LogP contribution in [0.15, 0.2) is 41.5 Å². The van der Waals surface area contributed by atoms with Crippen molar-refractivity contribution < 1.29 is 4.74 Å². The second-order valence-corrected chi connectivity index (χ2v) is 4.53. The fourth-order valence-electron chi connectivity index (χ4n) is 1.90. The summed E-state index contributed by atoms with van der Waals surface area (Å²) in [6, 6.07) is 10.0. The van der Waals surface area contributed by atoms with E-state index in [0.717, 1.165) is 30.4 Å². The van der Waals surface area contributed by atoms with Crippen LogP contribution in [0.2, 0.25) is 0 Å². The molecule has 3 N–H and O–H groups in total. The molecule has 2 aromatic rings. The van der Waals surface area contributed by atoms with Crippen LogP contribution in [-0.2, 0) is 13.0 Å². The molecule has 6 heteroatoms. The molecule has 0 unspecified atom stereocenters. The van der Waals surface area contributed by atoms with Gasteiger partial charge in [-0.05, 0) is 30.2 Å². The summed E-state index contributed by atoms with van der Waals surface area (Å²) in [7, 11) is 3.43. The van der Waals surface area contributed by atoms with Crippen LogP contribution in [0.1, 0.15) is 11.3 Å². The highest BCUT2D eigenvalue weighted by molar-refractivity contribution is 5.79. The van der Waals surface area contributed by atoms with Crippen molar-refractivity contribution in [1.82, 2.24) is 20.8 Å². The van der Waals surface area contributed by atoms with Crippen LogP contribution in [-0.4, -0.2) is 36.9 Å². The molecule has 0 aliphatic heterocycles. The molecule has 112 valence electrons. The Labute approximate surface area is 124 Å². The maximum absolute atomic E-state index is 5.14. The molecule has 21 heavy (non-hydrogen) atoms. The number of aliphatic imine (C=N–C) groups is 1. The lowest BCUT2D eigenvalue weighted by atomic mass is 10.1. The summed E-state index contributed by atoms with van der Waals surface area (Å²) in [5.41, 5.74) is 2.28. The van der Waals surface area contributed by atoms with Crippen LogP contribution >= 0.6 is 0 Å². The number of hydrogen-bond acceptors (Lipinski definition) is 3. The fraction of sp³-hybridized carbons (Fsp3) is 0.333. The van der Waals surface area contributed by atoms with Crippen molar-refractivity contribution in [2.24, 2.45) is 4.99 Å². The van der Waals surface area contributed by atoms with Crippen molar-refractivity contribution in [1.29, 1.82) is 0 Å². The van der Waals surface area contributed by atoms with Gasteiger partial charge in [-0.1, -0.05) is 12.1 Å². The Kier molecular flexibility index (Phi) is 5.63. The normalized spacial score (nSPS) is 11.2. The van der Waals surface area contributed by atoms with E-state index in [9.17, 15) is 0 Å². The number of H-pyrrole nitrogens is 1. The van der Waals surface area contributed by atoms with Gasteiger partial charge < -0.3 is 15.4 Å². The van der Waals surface area contributed by atoms with Crippen molar-refractivity contribution in [2.45, 2.75) is 13.0 Å². The van der Waals surface area contributed by atoms with Gasteiger partial charge in [0.2, 0.25) is 0 Å². The zero-order valence-corrected chi connectivity index (χ0v) is 12.4. The molecule has 6 nitrogen and oxygen atoms in total. The molecule has 0 radical (unpaired) electrons. The Balaban J connectivity index is 1.72. The second kappa shape index (κ2) is 7.94. The van der Waals surface area contributed by atoms with Crippen LogP contribution in [0, 0.1) is 0 Å². The standard InChI is InChI=1S/C15H21N5O/c1-16-15(18-11-13-8-10-19-20-13)17-9-7-12-3-5-14(21-2)6-4-12/h3-6,8,10H,7,9,11H2,1-2H3,(H,19,20)(H2,16,17,18). The lowest BCUT2D eigenvalue weighted by molar-refractivity contribution is 0.414. The number of hydrogen-bond donors (Lipinski definition) is 3. The average molecular weight is 287 g/mol. The van der Waals surface area contributed by atoms with Gasteiger partial charge in [-0.25, -0.2) is 0 Å². The molecule has 1 aromatic heterocycles. The predicted octanol–water partition coefficient (Wildman–Crippen LogP) is 1.33. The van der Waals surface area contributed by atoms with Crippen LogP contribution in [0.4, 0.5) is 0 Å². The first-order valence-electron chi connectivity index (χ1n) is 6.87. The summed E-state index contributed by atoms with van der Waals surface area (Å²) in [6.45, 7) is 1.48. The Morgan fingerprint density at radius 3 is 2.67 bits per heavy atom. The lowest BCUT2D eigenvalue weighted by Gasteiger charge is -2.11. The van der Waals surface area contributed by atoms with Crippen molar-refractivity contribution in [3.63, 3.8) is 0 Å². The zero-order chi connectivity index (χ0) is 14.9. The molecule has 0 bridgehead atoms. The van der Waals surface area contributed by atoms with Gasteiger partial charge in [-0.3, -0.25) is 10.1 Å². The van der Waals surface area contributed by atoms with Gasteiger partial charge in [0.1, 0.15) is 5.75 Å². The quantitative estimate of drug-likeness (QED) is 0.553. The third kappa shape index (κ3) is 4.83. The molecule has 1 heterocycles. The number of rotatable bonds is 6. The first-order chi connectivity index (χ1) is 10.3. The number of ether oxygens (including phenoxy) is 1. The summed E-state index contributed by atoms with van der Waals surface area (Å²) in [5, 5.41) is 13.3. The molecule has 0 saturated carbocycles. The Morgan fingerprint density at radius 2 is 2.05 bits per heavy atom. The predicted molar refractivity (Wildman–Crippen MR) is 83.5 cm³/mol. The molecule has 0 spiro atoms. The Hall–Kier alpha value is -2.50. The molecule has 0 amide bonds. The van der Waals surface area contributed by atoms with Gasteiger partial charge >= 0.3 is 0 Å². The highest BCUT2D eigenvalue weighted by Crippen LogP contribution is 2.11. The number of guanidine groups is 1. The van der Waals surface area contributed by atoms with E-state index in [0.29, 0.717) is 6.54 Å². The number of benzene rings is 1. The first-order valence-corrected chi connectivity index (χ1v) is 6.87. The Bertz CT molecular complexity index is 548. The van der Waals surface area contributed by atoms with Crippen LogP contribution in [0.25, 0.3) is 0 Å². The summed E-state index contributed by atoms with van der Waals surface area (Å²) < 4.78 is 5.14. The summed E-state index contributed by atoms with van der Waals surface area (Å²) >= 11 is 0. The molecule has 0 saturated heterocycles. The number of nitrogens with one attached hydrogen (secondary N) is 3. The minimum Gasteiger partial charge on any atom is -0.497 e. The highest BCUT2D eigenvalue weighted by Gasteiger charge is 1.99.